The van der Waals surface area contributed by atoms with E-state index in [4.69, 9.17) is 11.6 Å². The molecular formula is C12H15BrClN3S. The molecule has 0 spiro atoms. The molecule has 3 nitrogen and oxygen atoms in total. The van der Waals surface area contributed by atoms with E-state index in [1.165, 1.54) is 4.88 Å². The second kappa shape index (κ2) is 5.63. The summed E-state index contributed by atoms with van der Waals surface area (Å²) in [6, 6.07) is 2.14. The van der Waals surface area contributed by atoms with Crippen molar-refractivity contribution in [1.82, 2.24) is 9.78 Å². The van der Waals surface area contributed by atoms with Crippen LogP contribution < -0.4 is 4.90 Å². The first-order valence-electron chi connectivity index (χ1n) is 5.55. The van der Waals surface area contributed by atoms with E-state index in [0.717, 1.165) is 28.1 Å². The summed E-state index contributed by atoms with van der Waals surface area (Å²) in [5.74, 6) is 1.58. The molecule has 0 radical (unpaired) electrons. The fraction of sp³-hybridized carbons (Fsp3) is 0.417. The van der Waals surface area contributed by atoms with Gasteiger partial charge in [0, 0.05) is 34.4 Å². The molecule has 2 heterocycles. The lowest BCUT2D eigenvalue weighted by molar-refractivity contribution is 0.728. The van der Waals surface area contributed by atoms with Crippen molar-refractivity contribution in [3.8, 4) is 0 Å². The van der Waals surface area contributed by atoms with Crippen molar-refractivity contribution in [1.29, 1.82) is 0 Å². The lowest BCUT2D eigenvalue weighted by Crippen LogP contribution is -2.20. The fourth-order valence-corrected chi connectivity index (χ4v) is 3.89. The number of aryl methyl sites for hydroxylation is 2. The number of aromatic nitrogens is 2. The van der Waals surface area contributed by atoms with Gasteiger partial charge in [0.2, 0.25) is 0 Å². The van der Waals surface area contributed by atoms with Crippen LogP contribution >= 0.6 is 38.9 Å². The van der Waals surface area contributed by atoms with Crippen LogP contribution in [0.4, 0.5) is 5.82 Å². The molecule has 0 aromatic carbocycles. The van der Waals surface area contributed by atoms with Crippen LogP contribution in [0.1, 0.15) is 16.1 Å². The molecule has 2 aromatic rings. The highest BCUT2D eigenvalue weighted by atomic mass is 79.9. The van der Waals surface area contributed by atoms with Crippen molar-refractivity contribution in [3.63, 3.8) is 0 Å². The Balaban J connectivity index is 2.25. The van der Waals surface area contributed by atoms with Crippen LogP contribution in [0.3, 0.4) is 0 Å². The number of thiophene rings is 1. The van der Waals surface area contributed by atoms with Crippen LogP contribution in [0.15, 0.2) is 15.9 Å². The van der Waals surface area contributed by atoms with Gasteiger partial charge < -0.3 is 4.90 Å². The number of hydrogen-bond donors (Lipinski definition) is 0. The molecule has 0 aliphatic rings. The number of nitrogens with zero attached hydrogens (tertiary/aromatic N) is 3. The fourth-order valence-electron chi connectivity index (χ4n) is 2.07. The van der Waals surface area contributed by atoms with Crippen LogP contribution in [0, 0.1) is 6.92 Å². The van der Waals surface area contributed by atoms with Crippen molar-refractivity contribution < 1.29 is 0 Å². The maximum absolute atomic E-state index is 6.02. The molecule has 0 aliphatic carbocycles. The second-order valence-corrected chi connectivity index (χ2v) is 6.41. The zero-order valence-electron chi connectivity index (χ0n) is 10.6. The van der Waals surface area contributed by atoms with E-state index >= 15 is 0 Å². The first-order chi connectivity index (χ1) is 8.52. The third-order valence-corrected chi connectivity index (χ3v) is 4.77. The third-order valence-electron chi connectivity index (χ3n) is 2.82. The molecule has 0 bridgehead atoms. The van der Waals surface area contributed by atoms with E-state index in [1.807, 2.05) is 18.7 Å². The van der Waals surface area contributed by atoms with E-state index in [0.29, 0.717) is 5.88 Å². The Morgan fingerprint density at radius 1 is 1.56 bits per heavy atom. The molecule has 0 amide bonds. The van der Waals surface area contributed by atoms with Gasteiger partial charge in [-0.15, -0.1) is 22.9 Å². The Morgan fingerprint density at radius 3 is 2.83 bits per heavy atom. The average molecular weight is 349 g/mol. The molecule has 0 unspecified atom stereocenters. The summed E-state index contributed by atoms with van der Waals surface area (Å²) in [5.41, 5.74) is 2.11. The van der Waals surface area contributed by atoms with Crippen molar-refractivity contribution in [2.75, 3.05) is 11.9 Å². The minimum Gasteiger partial charge on any atom is -0.354 e. The number of hydrogen-bond acceptors (Lipinski definition) is 3. The third kappa shape index (κ3) is 2.73. The summed E-state index contributed by atoms with van der Waals surface area (Å²) >= 11 is 11.2. The molecule has 0 fully saturated rings. The van der Waals surface area contributed by atoms with Crippen molar-refractivity contribution in [2.45, 2.75) is 19.3 Å². The van der Waals surface area contributed by atoms with Crippen LogP contribution in [-0.4, -0.2) is 16.8 Å². The highest BCUT2D eigenvalue weighted by Crippen LogP contribution is 2.27. The van der Waals surface area contributed by atoms with Gasteiger partial charge in [-0.2, -0.15) is 5.10 Å². The molecule has 0 saturated heterocycles. The van der Waals surface area contributed by atoms with E-state index in [-0.39, 0.29) is 0 Å². The maximum Gasteiger partial charge on any atom is 0.131 e. The lowest BCUT2D eigenvalue weighted by atomic mass is 10.2. The quantitative estimate of drug-likeness (QED) is 0.781. The predicted molar refractivity (Wildman–Crippen MR) is 81.6 cm³/mol. The largest absolute Gasteiger partial charge is 0.354 e. The molecule has 0 N–H and O–H groups in total. The molecule has 0 saturated carbocycles. The van der Waals surface area contributed by atoms with Gasteiger partial charge in [-0.3, -0.25) is 4.68 Å². The molecule has 2 rings (SSSR count). The second-order valence-electron chi connectivity index (χ2n) is 4.23. The van der Waals surface area contributed by atoms with Gasteiger partial charge in [-0.1, -0.05) is 0 Å². The summed E-state index contributed by atoms with van der Waals surface area (Å²) in [4.78, 5) is 3.50. The van der Waals surface area contributed by atoms with Gasteiger partial charge in [-0.25, -0.2) is 0 Å². The Bertz CT molecular complexity index is 550. The van der Waals surface area contributed by atoms with Gasteiger partial charge in [0.1, 0.15) is 5.82 Å². The topological polar surface area (TPSA) is 21.1 Å². The zero-order valence-corrected chi connectivity index (χ0v) is 13.7. The zero-order chi connectivity index (χ0) is 13.3. The normalized spacial score (nSPS) is 10.9. The van der Waals surface area contributed by atoms with E-state index < -0.39 is 0 Å². The Kier molecular flexibility index (Phi) is 4.35. The summed E-state index contributed by atoms with van der Waals surface area (Å²) < 4.78 is 3.03. The van der Waals surface area contributed by atoms with Gasteiger partial charge >= 0.3 is 0 Å². The van der Waals surface area contributed by atoms with Gasteiger partial charge in [0.15, 0.2) is 0 Å². The van der Waals surface area contributed by atoms with Gasteiger partial charge in [0.05, 0.1) is 18.1 Å². The SMILES string of the molecule is Cc1nn(C)c(N(C)Cc2cc(Br)cs2)c1CCl. The van der Waals surface area contributed by atoms with Crippen molar-refractivity contribution >= 4 is 44.7 Å². The van der Waals surface area contributed by atoms with Crippen molar-refractivity contribution in [2.24, 2.45) is 7.05 Å². The predicted octanol–water partition coefficient (Wildman–Crippen LogP) is 3.93. The van der Waals surface area contributed by atoms with Gasteiger partial charge in [-0.05, 0) is 28.9 Å². The lowest BCUT2D eigenvalue weighted by Gasteiger charge is -2.19. The van der Waals surface area contributed by atoms with Crippen molar-refractivity contribution in [3.05, 3.63) is 32.1 Å². The van der Waals surface area contributed by atoms with Gasteiger partial charge in [0.25, 0.3) is 0 Å². The Morgan fingerprint density at radius 2 is 2.28 bits per heavy atom. The van der Waals surface area contributed by atoms with E-state index in [9.17, 15) is 0 Å². The molecular weight excluding hydrogens is 334 g/mol. The number of halogens is 2. The van der Waals surface area contributed by atoms with Crippen LogP contribution in [0.2, 0.25) is 0 Å². The molecule has 0 aliphatic heterocycles. The standard InChI is InChI=1S/C12H15BrClN3S/c1-8-11(5-14)12(17(3)15-8)16(2)6-10-4-9(13)7-18-10/h4,7H,5-6H2,1-3H3. The monoisotopic (exact) mass is 347 g/mol. The summed E-state index contributed by atoms with van der Waals surface area (Å²) in [6.45, 7) is 2.86. The van der Waals surface area contributed by atoms with E-state index in [2.05, 4.69) is 44.4 Å². The Hall–Kier alpha value is -0.520. The number of rotatable bonds is 4. The number of anilines is 1. The van der Waals surface area contributed by atoms with Crippen LogP contribution in [0.25, 0.3) is 0 Å². The summed E-state index contributed by atoms with van der Waals surface area (Å²) in [6.07, 6.45) is 0. The first kappa shape index (κ1) is 13.9. The molecule has 2 aromatic heterocycles. The molecule has 0 atom stereocenters. The Labute approximate surface area is 124 Å². The minimum absolute atomic E-state index is 0.494. The molecule has 98 valence electrons. The van der Waals surface area contributed by atoms with Crippen LogP contribution in [0.5, 0.6) is 0 Å². The first-order valence-corrected chi connectivity index (χ1v) is 7.76. The maximum atomic E-state index is 6.02. The highest BCUT2D eigenvalue weighted by molar-refractivity contribution is 9.10. The summed E-state index contributed by atoms with van der Waals surface area (Å²) in [5, 5.41) is 6.53. The summed E-state index contributed by atoms with van der Waals surface area (Å²) in [7, 11) is 4.03. The van der Waals surface area contributed by atoms with E-state index in [1.54, 1.807) is 11.3 Å². The highest BCUT2D eigenvalue weighted by Gasteiger charge is 2.16. The molecule has 18 heavy (non-hydrogen) atoms. The molecule has 6 heteroatoms. The number of alkyl halides is 1. The smallest absolute Gasteiger partial charge is 0.131 e. The minimum atomic E-state index is 0.494. The van der Waals surface area contributed by atoms with Crippen LogP contribution in [-0.2, 0) is 19.5 Å². The average Bonchev–Trinajstić information content (AvgIpc) is 2.82.